The molecule has 0 bridgehead atoms. The van der Waals surface area contributed by atoms with E-state index in [4.69, 9.17) is 0 Å². The molecule has 9 heteroatoms. The van der Waals surface area contributed by atoms with Gasteiger partial charge in [0, 0.05) is 13.1 Å². The van der Waals surface area contributed by atoms with Crippen LogP contribution in [-0.4, -0.2) is 48.9 Å². The number of nitrogens with zero attached hydrogens (tertiary/aromatic N) is 2. The third-order valence-corrected chi connectivity index (χ3v) is 3.54. The molecule has 0 fully saturated rings. The number of rotatable bonds is 6. The molecule has 2 rings (SSSR count). The number of hydrogen-bond donors (Lipinski definition) is 2. The number of likely N-dealkylation sites (N-methyl/N-ethyl adjacent to an activating group) is 1. The molecule has 0 spiro atoms. The molecule has 0 saturated heterocycles. The number of nitrogens with one attached hydrogen (secondary N) is 2. The largest absolute Gasteiger partial charge is 0.418 e. The van der Waals surface area contributed by atoms with Gasteiger partial charge in [-0.05, 0) is 38.4 Å². The summed E-state index contributed by atoms with van der Waals surface area (Å²) >= 11 is 0. The maximum Gasteiger partial charge on any atom is 0.418 e. The number of hydrogen-bond acceptors (Lipinski definition) is 4. The number of para-hydroxylation sites is 1. The van der Waals surface area contributed by atoms with Crippen LogP contribution < -0.4 is 10.6 Å². The van der Waals surface area contributed by atoms with Gasteiger partial charge in [-0.25, -0.2) is 4.98 Å². The van der Waals surface area contributed by atoms with Crippen LogP contribution in [0.25, 0.3) is 0 Å². The summed E-state index contributed by atoms with van der Waals surface area (Å²) in [6.45, 7) is 1.02. The first kappa shape index (κ1) is 20.4. The number of amides is 2. The predicted octanol–water partition coefficient (Wildman–Crippen LogP) is 2.64. The van der Waals surface area contributed by atoms with Crippen LogP contribution >= 0.6 is 0 Å². The normalized spacial score (nSPS) is 11.3. The first-order valence-electron chi connectivity index (χ1n) is 8.06. The molecule has 144 valence electrons. The van der Waals surface area contributed by atoms with Crippen molar-refractivity contribution >= 4 is 17.5 Å². The standard InChI is InChI=1S/C18H19F3N4O2/c1-25(2)11-10-22-16(26)14-8-5-9-15(23-14)17(27)24-13-7-4-3-6-12(13)18(19,20)21/h3-9H,10-11H2,1-2H3,(H,22,26)(H,24,27). The average molecular weight is 380 g/mol. The Bertz CT molecular complexity index is 822. The Kier molecular flexibility index (Phi) is 6.51. The second-order valence-corrected chi connectivity index (χ2v) is 5.96. The second kappa shape index (κ2) is 8.63. The molecule has 2 amide bonds. The van der Waals surface area contributed by atoms with Crippen LogP contribution in [0, 0.1) is 0 Å². The monoisotopic (exact) mass is 380 g/mol. The third kappa shape index (κ3) is 5.78. The Labute approximate surface area is 154 Å². The van der Waals surface area contributed by atoms with Crippen molar-refractivity contribution in [3.63, 3.8) is 0 Å². The van der Waals surface area contributed by atoms with Gasteiger partial charge in [0.2, 0.25) is 0 Å². The Balaban J connectivity index is 2.13. The summed E-state index contributed by atoms with van der Waals surface area (Å²) in [7, 11) is 3.71. The maximum atomic E-state index is 13.0. The number of carbonyl (C=O) groups is 2. The van der Waals surface area contributed by atoms with Gasteiger partial charge < -0.3 is 15.5 Å². The lowest BCUT2D eigenvalue weighted by atomic mass is 10.1. The Morgan fingerprint density at radius 1 is 1.00 bits per heavy atom. The van der Waals surface area contributed by atoms with Crippen molar-refractivity contribution in [2.45, 2.75) is 6.18 Å². The van der Waals surface area contributed by atoms with Gasteiger partial charge in [0.25, 0.3) is 11.8 Å². The molecule has 0 unspecified atom stereocenters. The highest BCUT2D eigenvalue weighted by molar-refractivity contribution is 6.04. The highest BCUT2D eigenvalue weighted by Gasteiger charge is 2.33. The van der Waals surface area contributed by atoms with Gasteiger partial charge in [0.1, 0.15) is 11.4 Å². The van der Waals surface area contributed by atoms with Crippen molar-refractivity contribution in [3.8, 4) is 0 Å². The lowest BCUT2D eigenvalue weighted by molar-refractivity contribution is -0.136. The van der Waals surface area contributed by atoms with Crippen molar-refractivity contribution in [2.24, 2.45) is 0 Å². The number of aromatic nitrogens is 1. The molecule has 0 aliphatic heterocycles. The minimum Gasteiger partial charge on any atom is -0.349 e. The van der Waals surface area contributed by atoms with Crippen LogP contribution in [-0.2, 0) is 6.18 Å². The summed E-state index contributed by atoms with van der Waals surface area (Å²) in [5.74, 6) is -1.31. The molecule has 1 aromatic carbocycles. The second-order valence-electron chi connectivity index (χ2n) is 5.96. The molecule has 6 nitrogen and oxygen atoms in total. The van der Waals surface area contributed by atoms with Crippen LogP contribution in [0.4, 0.5) is 18.9 Å². The minimum atomic E-state index is -4.61. The van der Waals surface area contributed by atoms with Crippen molar-refractivity contribution < 1.29 is 22.8 Å². The first-order chi connectivity index (χ1) is 12.7. The van der Waals surface area contributed by atoms with E-state index in [0.29, 0.717) is 13.1 Å². The van der Waals surface area contributed by atoms with Crippen LogP contribution in [0.3, 0.4) is 0 Å². The molecular formula is C18H19F3N4O2. The van der Waals surface area contributed by atoms with Crippen molar-refractivity contribution in [2.75, 3.05) is 32.5 Å². The number of alkyl halides is 3. The summed E-state index contributed by atoms with van der Waals surface area (Å²) in [4.78, 5) is 30.2. The Morgan fingerprint density at radius 3 is 2.26 bits per heavy atom. The lowest BCUT2D eigenvalue weighted by Gasteiger charge is -2.13. The van der Waals surface area contributed by atoms with Crippen molar-refractivity contribution in [3.05, 3.63) is 59.4 Å². The molecular weight excluding hydrogens is 361 g/mol. The number of pyridine rings is 1. The fourth-order valence-electron chi connectivity index (χ4n) is 2.20. The molecule has 2 N–H and O–H groups in total. The van der Waals surface area contributed by atoms with Gasteiger partial charge in [-0.3, -0.25) is 9.59 Å². The molecule has 0 aliphatic carbocycles. The zero-order chi connectivity index (χ0) is 20.0. The van der Waals surface area contributed by atoms with Crippen molar-refractivity contribution in [1.82, 2.24) is 15.2 Å². The van der Waals surface area contributed by atoms with Crippen molar-refractivity contribution in [1.29, 1.82) is 0 Å². The minimum absolute atomic E-state index is 0.00510. The number of carbonyl (C=O) groups excluding carboxylic acids is 2. The highest BCUT2D eigenvalue weighted by Crippen LogP contribution is 2.34. The topological polar surface area (TPSA) is 74.3 Å². The van der Waals surface area contributed by atoms with E-state index >= 15 is 0 Å². The molecule has 0 saturated carbocycles. The molecule has 27 heavy (non-hydrogen) atoms. The van der Waals surface area contributed by atoms with Gasteiger partial charge in [0.05, 0.1) is 11.3 Å². The van der Waals surface area contributed by atoms with E-state index in [1.165, 1.54) is 30.3 Å². The van der Waals surface area contributed by atoms with Gasteiger partial charge in [-0.2, -0.15) is 13.2 Å². The van der Waals surface area contributed by atoms with Gasteiger partial charge >= 0.3 is 6.18 Å². The van der Waals surface area contributed by atoms with E-state index < -0.39 is 23.6 Å². The number of halogens is 3. The smallest absolute Gasteiger partial charge is 0.349 e. The number of anilines is 1. The average Bonchev–Trinajstić information content (AvgIpc) is 2.61. The summed E-state index contributed by atoms with van der Waals surface area (Å²) in [5, 5.41) is 4.85. The van der Waals surface area contributed by atoms with E-state index in [0.717, 1.165) is 12.1 Å². The van der Waals surface area contributed by atoms with Crippen LogP contribution in [0.1, 0.15) is 26.5 Å². The van der Waals surface area contributed by atoms with E-state index in [1.807, 2.05) is 19.0 Å². The highest BCUT2D eigenvalue weighted by atomic mass is 19.4. The summed E-state index contributed by atoms with van der Waals surface area (Å²) < 4.78 is 39.1. The Morgan fingerprint density at radius 2 is 1.63 bits per heavy atom. The van der Waals surface area contributed by atoms with Crippen LogP contribution in [0.2, 0.25) is 0 Å². The van der Waals surface area contributed by atoms with E-state index in [2.05, 4.69) is 15.6 Å². The first-order valence-corrected chi connectivity index (χ1v) is 8.06. The maximum absolute atomic E-state index is 13.0. The van der Waals surface area contributed by atoms with Crippen LogP contribution in [0.5, 0.6) is 0 Å². The Hall–Kier alpha value is -2.94. The predicted molar refractivity (Wildman–Crippen MR) is 94.5 cm³/mol. The van der Waals surface area contributed by atoms with Crippen LogP contribution in [0.15, 0.2) is 42.5 Å². The quantitative estimate of drug-likeness (QED) is 0.808. The van der Waals surface area contributed by atoms with E-state index in [1.54, 1.807) is 0 Å². The molecule has 1 aromatic heterocycles. The molecule has 0 aliphatic rings. The fraction of sp³-hybridized carbons (Fsp3) is 0.278. The summed E-state index contributed by atoms with van der Waals surface area (Å²) in [6, 6.07) is 8.82. The summed E-state index contributed by atoms with van der Waals surface area (Å²) in [5.41, 5.74) is -1.49. The fourth-order valence-corrected chi connectivity index (χ4v) is 2.20. The molecule has 0 atom stereocenters. The molecule has 0 radical (unpaired) electrons. The van der Waals surface area contributed by atoms with E-state index in [-0.39, 0.29) is 17.1 Å². The lowest BCUT2D eigenvalue weighted by Crippen LogP contribution is -2.32. The molecule has 1 heterocycles. The van der Waals surface area contributed by atoms with Gasteiger partial charge in [0.15, 0.2) is 0 Å². The third-order valence-electron chi connectivity index (χ3n) is 3.54. The van der Waals surface area contributed by atoms with E-state index in [9.17, 15) is 22.8 Å². The zero-order valence-corrected chi connectivity index (χ0v) is 14.8. The SMILES string of the molecule is CN(C)CCNC(=O)c1cccc(C(=O)Nc2ccccc2C(F)(F)F)n1. The number of benzene rings is 1. The van der Waals surface area contributed by atoms with Gasteiger partial charge in [-0.1, -0.05) is 18.2 Å². The zero-order valence-electron chi connectivity index (χ0n) is 14.8. The van der Waals surface area contributed by atoms with Gasteiger partial charge in [-0.15, -0.1) is 0 Å². The molecule has 2 aromatic rings. The summed E-state index contributed by atoms with van der Waals surface area (Å²) in [6.07, 6.45) is -4.61.